The summed E-state index contributed by atoms with van der Waals surface area (Å²) in [6, 6.07) is -0.129. The highest BCUT2D eigenvalue weighted by Crippen LogP contribution is 2.11. The Bertz CT molecular complexity index is 219. The van der Waals surface area contributed by atoms with Gasteiger partial charge in [-0.25, -0.2) is 0 Å². The molecule has 4 nitrogen and oxygen atoms in total. The summed E-state index contributed by atoms with van der Waals surface area (Å²) in [4.78, 5) is 11.7. The summed E-state index contributed by atoms with van der Waals surface area (Å²) in [5, 5.41) is 2.93. The van der Waals surface area contributed by atoms with Crippen molar-refractivity contribution in [3.8, 4) is 0 Å². The van der Waals surface area contributed by atoms with Crippen LogP contribution in [0.1, 0.15) is 33.1 Å². The average Bonchev–Trinajstić information content (AvgIpc) is 2.63. The van der Waals surface area contributed by atoms with Crippen molar-refractivity contribution < 1.29 is 9.53 Å². The van der Waals surface area contributed by atoms with Crippen molar-refractivity contribution in [1.82, 2.24) is 5.32 Å². The number of carbonyl (C=O) groups excluding carboxylic acids is 1. The van der Waals surface area contributed by atoms with Gasteiger partial charge in [0.2, 0.25) is 5.91 Å². The Morgan fingerprint density at radius 1 is 1.44 bits per heavy atom. The molecular weight excluding hydrogens is 204 g/mol. The third-order valence-electron chi connectivity index (χ3n) is 2.97. The van der Waals surface area contributed by atoms with E-state index in [1.807, 2.05) is 0 Å². The predicted octanol–water partition coefficient (Wildman–Crippen LogP) is 0.903. The van der Waals surface area contributed by atoms with Crippen LogP contribution in [0.5, 0.6) is 0 Å². The van der Waals surface area contributed by atoms with E-state index in [0.717, 1.165) is 18.9 Å². The van der Waals surface area contributed by atoms with E-state index in [-0.39, 0.29) is 17.9 Å². The number of carbonyl (C=O) groups is 1. The lowest BCUT2D eigenvalue weighted by Gasteiger charge is -2.13. The first-order valence-electron chi connectivity index (χ1n) is 6.22. The predicted molar refractivity (Wildman–Crippen MR) is 64.0 cm³/mol. The first-order chi connectivity index (χ1) is 7.61. The summed E-state index contributed by atoms with van der Waals surface area (Å²) in [6.45, 7) is 6.17. The second kappa shape index (κ2) is 6.86. The molecule has 0 radical (unpaired) electrons. The van der Waals surface area contributed by atoms with Gasteiger partial charge in [0.25, 0.3) is 0 Å². The highest BCUT2D eigenvalue weighted by atomic mass is 16.5. The molecule has 1 aliphatic heterocycles. The Balaban J connectivity index is 2.06. The fraction of sp³-hybridized carbons (Fsp3) is 0.917. The van der Waals surface area contributed by atoms with Crippen molar-refractivity contribution in [2.45, 2.75) is 39.2 Å². The molecule has 16 heavy (non-hydrogen) atoms. The largest absolute Gasteiger partial charge is 0.379 e. The number of hydrogen-bond donors (Lipinski definition) is 2. The lowest BCUT2D eigenvalue weighted by molar-refractivity contribution is -0.125. The smallest absolute Gasteiger partial charge is 0.227 e. The molecule has 0 spiro atoms. The number of amides is 1. The van der Waals surface area contributed by atoms with Gasteiger partial charge in [-0.05, 0) is 12.3 Å². The molecule has 0 aromatic heterocycles. The monoisotopic (exact) mass is 228 g/mol. The summed E-state index contributed by atoms with van der Waals surface area (Å²) in [7, 11) is 0. The number of ether oxygens (including phenoxy) is 1. The second-order valence-electron chi connectivity index (χ2n) is 4.99. The molecule has 4 heteroatoms. The molecule has 1 aliphatic rings. The zero-order chi connectivity index (χ0) is 12.0. The zero-order valence-electron chi connectivity index (χ0n) is 10.4. The Labute approximate surface area is 97.9 Å². The van der Waals surface area contributed by atoms with Crippen LogP contribution in [0.2, 0.25) is 0 Å². The summed E-state index contributed by atoms with van der Waals surface area (Å²) < 4.78 is 5.16. The van der Waals surface area contributed by atoms with E-state index in [1.165, 1.54) is 12.8 Å². The van der Waals surface area contributed by atoms with Crippen molar-refractivity contribution in [3.63, 3.8) is 0 Å². The van der Waals surface area contributed by atoms with Crippen molar-refractivity contribution >= 4 is 5.91 Å². The lowest BCUT2D eigenvalue weighted by atomic mass is 10.0. The van der Waals surface area contributed by atoms with Gasteiger partial charge in [-0.2, -0.15) is 0 Å². The molecule has 0 aliphatic carbocycles. The average molecular weight is 228 g/mol. The van der Waals surface area contributed by atoms with Crippen LogP contribution in [0.25, 0.3) is 0 Å². The molecule has 1 heterocycles. The fourth-order valence-corrected chi connectivity index (χ4v) is 1.86. The van der Waals surface area contributed by atoms with Crippen LogP contribution in [0.3, 0.4) is 0 Å². The van der Waals surface area contributed by atoms with E-state index in [4.69, 9.17) is 10.5 Å². The van der Waals surface area contributed by atoms with E-state index in [1.54, 1.807) is 0 Å². The molecule has 2 unspecified atom stereocenters. The number of rotatable bonds is 6. The van der Waals surface area contributed by atoms with Gasteiger partial charge in [0.15, 0.2) is 0 Å². The number of nitrogens with two attached hydrogens (primary N) is 1. The lowest BCUT2D eigenvalue weighted by Crippen LogP contribution is -2.41. The molecule has 0 saturated carbocycles. The quantitative estimate of drug-likeness (QED) is 0.664. The Kier molecular flexibility index (Phi) is 5.77. The first-order valence-corrected chi connectivity index (χ1v) is 6.22. The molecule has 1 rings (SSSR count). The van der Waals surface area contributed by atoms with Crippen LogP contribution in [-0.4, -0.2) is 31.7 Å². The standard InChI is InChI=1S/C12H24N2O2/c1-9(2)5-3-4-6-14-12(15)10-7-16-8-11(10)13/h9-11H,3-8,13H2,1-2H3,(H,14,15). The second-order valence-corrected chi connectivity index (χ2v) is 4.99. The van der Waals surface area contributed by atoms with E-state index in [9.17, 15) is 4.79 Å². The van der Waals surface area contributed by atoms with E-state index in [0.29, 0.717) is 13.2 Å². The minimum atomic E-state index is -0.148. The third-order valence-corrected chi connectivity index (χ3v) is 2.97. The van der Waals surface area contributed by atoms with E-state index in [2.05, 4.69) is 19.2 Å². The normalized spacial score (nSPS) is 25.0. The van der Waals surface area contributed by atoms with Gasteiger partial charge < -0.3 is 15.8 Å². The first kappa shape index (κ1) is 13.5. The summed E-state index contributed by atoms with van der Waals surface area (Å²) >= 11 is 0. The molecular formula is C12H24N2O2. The highest BCUT2D eigenvalue weighted by molar-refractivity contribution is 5.79. The third kappa shape index (κ3) is 4.49. The van der Waals surface area contributed by atoms with Crippen molar-refractivity contribution in [3.05, 3.63) is 0 Å². The summed E-state index contributed by atoms with van der Waals surface area (Å²) in [6.07, 6.45) is 3.44. The molecule has 94 valence electrons. The molecule has 0 aromatic carbocycles. The van der Waals surface area contributed by atoms with Gasteiger partial charge in [-0.15, -0.1) is 0 Å². The van der Waals surface area contributed by atoms with Gasteiger partial charge >= 0.3 is 0 Å². The number of nitrogens with one attached hydrogen (secondary N) is 1. The van der Waals surface area contributed by atoms with Crippen molar-refractivity contribution in [2.75, 3.05) is 19.8 Å². The van der Waals surface area contributed by atoms with Gasteiger partial charge in [0.1, 0.15) is 0 Å². The molecule has 2 atom stereocenters. The maximum Gasteiger partial charge on any atom is 0.227 e. The SMILES string of the molecule is CC(C)CCCCNC(=O)C1COCC1N. The summed E-state index contributed by atoms with van der Waals surface area (Å²) in [5.41, 5.74) is 5.76. The molecule has 0 aromatic rings. The summed E-state index contributed by atoms with van der Waals surface area (Å²) in [5.74, 6) is 0.645. The van der Waals surface area contributed by atoms with Crippen LogP contribution in [0.15, 0.2) is 0 Å². The Morgan fingerprint density at radius 2 is 2.19 bits per heavy atom. The zero-order valence-corrected chi connectivity index (χ0v) is 10.4. The maximum atomic E-state index is 11.7. The van der Waals surface area contributed by atoms with Crippen LogP contribution < -0.4 is 11.1 Å². The number of unbranched alkanes of at least 4 members (excludes halogenated alkanes) is 1. The van der Waals surface area contributed by atoms with Crippen molar-refractivity contribution in [1.29, 1.82) is 0 Å². The van der Waals surface area contributed by atoms with Gasteiger partial charge in [0, 0.05) is 12.6 Å². The molecule has 0 bridgehead atoms. The van der Waals surface area contributed by atoms with Gasteiger partial charge in [-0.1, -0.05) is 26.7 Å². The minimum Gasteiger partial charge on any atom is -0.379 e. The van der Waals surface area contributed by atoms with Crippen molar-refractivity contribution in [2.24, 2.45) is 17.6 Å². The molecule has 1 amide bonds. The minimum absolute atomic E-state index is 0.0505. The van der Waals surface area contributed by atoms with Crippen LogP contribution in [-0.2, 0) is 9.53 Å². The van der Waals surface area contributed by atoms with Crippen LogP contribution in [0.4, 0.5) is 0 Å². The Hall–Kier alpha value is -0.610. The van der Waals surface area contributed by atoms with E-state index < -0.39 is 0 Å². The van der Waals surface area contributed by atoms with E-state index >= 15 is 0 Å². The van der Waals surface area contributed by atoms with Gasteiger partial charge in [-0.3, -0.25) is 4.79 Å². The highest BCUT2D eigenvalue weighted by Gasteiger charge is 2.30. The number of hydrogen-bond acceptors (Lipinski definition) is 3. The topological polar surface area (TPSA) is 64.3 Å². The molecule has 1 saturated heterocycles. The van der Waals surface area contributed by atoms with Crippen LogP contribution in [0, 0.1) is 11.8 Å². The molecule has 3 N–H and O–H groups in total. The van der Waals surface area contributed by atoms with Crippen LogP contribution >= 0.6 is 0 Å². The van der Waals surface area contributed by atoms with Gasteiger partial charge in [0.05, 0.1) is 19.1 Å². The Morgan fingerprint density at radius 3 is 2.75 bits per heavy atom. The fourth-order valence-electron chi connectivity index (χ4n) is 1.86. The maximum absolute atomic E-state index is 11.7. The molecule has 1 fully saturated rings.